The van der Waals surface area contributed by atoms with Gasteiger partial charge in [-0.2, -0.15) is 0 Å². The molecule has 5 nitrogen and oxygen atoms in total. The van der Waals surface area contributed by atoms with Gasteiger partial charge >= 0.3 is 0 Å². The van der Waals surface area contributed by atoms with E-state index in [4.69, 9.17) is 0 Å². The molecule has 0 unspecified atom stereocenters. The number of hydrogen-bond acceptors (Lipinski definition) is 3. The van der Waals surface area contributed by atoms with E-state index in [9.17, 15) is 9.59 Å². The monoisotopic (exact) mass is 357 g/mol. The van der Waals surface area contributed by atoms with Crippen molar-refractivity contribution in [3.63, 3.8) is 0 Å². The van der Waals surface area contributed by atoms with Gasteiger partial charge in [-0.1, -0.05) is 25.5 Å². The molecule has 1 saturated carbocycles. The van der Waals surface area contributed by atoms with E-state index in [1.165, 1.54) is 11.3 Å². The maximum Gasteiger partial charge on any atom is 0.238 e. The van der Waals surface area contributed by atoms with Crippen LogP contribution in [0.3, 0.4) is 0 Å². The predicted octanol–water partition coefficient (Wildman–Crippen LogP) is 2.68. The van der Waals surface area contributed by atoms with Crippen molar-refractivity contribution in [2.45, 2.75) is 39.5 Å². The molecule has 0 aromatic heterocycles. The van der Waals surface area contributed by atoms with Crippen molar-refractivity contribution in [1.29, 1.82) is 0 Å². The fourth-order valence-corrected chi connectivity index (χ4v) is 3.80. The highest BCUT2D eigenvalue weighted by atomic mass is 16.2. The van der Waals surface area contributed by atoms with E-state index in [-0.39, 0.29) is 11.8 Å². The number of unbranched alkanes of at least 4 members (excludes halogenated alkanes) is 1. The Kier molecular flexibility index (Phi) is 5.54. The zero-order valence-electron chi connectivity index (χ0n) is 16.3. The zero-order chi connectivity index (χ0) is 18.7. The van der Waals surface area contributed by atoms with Gasteiger partial charge in [0.2, 0.25) is 11.8 Å². The summed E-state index contributed by atoms with van der Waals surface area (Å²) in [6, 6.07) is 8.48. The molecule has 1 aliphatic carbocycles. The fourth-order valence-electron chi connectivity index (χ4n) is 3.80. The fraction of sp³-hybridized carbons (Fsp3) is 0.619. The SMILES string of the molecule is CCCCN(C)C(=O)C1(C(=O)N2CCN(c3cccc(C)c3)CC2)CC1. The van der Waals surface area contributed by atoms with Gasteiger partial charge in [0.25, 0.3) is 0 Å². The summed E-state index contributed by atoms with van der Waals surface area (Å²) in [5.41, 5.74) is 1.71. The standard InChI is InChI=1S/C21H31N3O2/c1-4-5-11-22(3)19(25)21(9-10-21)20(26)24-14-12-23(13-15-24)18-8-6-7-17(2)16-18/h6-8,16H,4-5,9-15H2,1-3H3. The smallest absolute Gasteiger partial charge is 0.238 e. The molecule has 1 aliphatic heterocycles. The molecule has 5 heteroatoms. The summed E-state index contributed by atoms with van der Waals surface area (Å²) < 4.78 is 0. The highest BCUT2D eigenvalue weighted by molar-refractivity contribution is 6.07. The van der Waals surface area contributed by atoms with Gasteiger partial charge in [-0.25, -0.2) is 0 Å². The number of nitrogens with zero attached hydrogens (tertiary/aromatic N) is 3. The van der Waals surface area contributed by atoms with E-state index in [0.29, 0.717) is 25.9 Å². The number of piperazine rings is 1. The third kappa shape index (κ3) is 3.71. The number of amides is 2. The number of hydrogen-bond donors (Lipinski definition) is 0. The third-order valence-corrected chi connectivity index (χ3v) is 5.70. The van der Waals surface area contributed by atoms with Gasteiger partial charge in [0.1, 0.15) is 5.41 Å². The number of carbonyl (C=O) groups excluding carboxylic acids is 2. The van der Waals surface area contributed by atoms with Crippen LogP contribution in [0.2, 0.25) is 0 Å². The van der Waals surface area contributed by atoms with Crippen LogP contribution in [0.4, 0.5) is 5.69 Å². The van der Waals surface area contributed by atoms with Crippen LogP contribution in [0.25, 0.3) is 0 Å². The second-order valence-corrected chi connectivity index (χ2v) is 7.78. The summed E-state index contributed by atoms with van der Waals surface area (Å²) >= 11 is 0. The molecule has 0 atom stereocenters. The number of anilines is 1. The van der Waals surface area contributed by atoms with Crippen LogP contribution in [0.15, 0.2) is 24.3 Å². The Morgan fingerprint density at radius 1 is 1.15 bits per heavy atom. The van der Waals surface area contributed by atoms with E-state index in [2.05, 4.69) is 43.0 Å². The van der Waals surface area contributed by atoms with Crippen LogP contribution in [-0.2, 0) is 9.59 Å². The first kappa shape index (κ1) is 18.7. The second kappa shape index (κ2) is 7.68. The number of benzene rings is 1. The Morgan fingerprint density at radius 2 is 1.85 bits per heavy atom. The summed E-state index contributed by atoms with van der Waals surface area (Å²) in [6.45, 7) is 7.99. The first-order chi connectivity index (χ1) is 12.5. The Bertz CT molecular complexity index is 661. The normalized spacial score (nSPS) is 18.6. The largest absolute Gasteiger partial charge is 0.368 e. The maximum atomic E-state index is 13.1. The van der Waals surface area contributed by atoms with Crippen LogP contribution in [0.1, 0.15) is 38.2 Å². The Labute approximate surface area is 156 Å². The summed E-state index contributed by atoms with van der Waals surface area (Å²) in [5, 5.41) is 0. The van der Waals surface area contributed by atoms with Crippen LogP contribution >= 0.6 is 0 Å². The van der Waals surface area contributed by atoms with Gasteiger partial charge in [0.15, 0.2) is 0 Å². The van der Waals surface area contributed by atoms with Crippen molar-refractivity contribution >= 4 is 17.5 Å². The van der Waals surface area contributed by atoms with Crippen LogP contribution in [0.5, 0.6) is 0 Å². The van der Waals surface area contributed by atoms with Gasteiger partial charge in [0, 0.05) is 45.5 Å². The molecule has 0 N–H and O–H groups in total. The van der Waals surface area contributed by atoms with Gasteiger partial charge in [-0.3, -0.25) is 9.59 Å². The predicted molar refractivity (Wildman–Crippen MR) is 104 cm³/mol. The molecular formula is C21H31N3O2. The summed E-state index contributed by atoms with van der Waals surface area (Å²) in [5.74, 6) is 0.0757. The number of carbonyl (C=O) groups is 2. The molecule has 3 rings (SSSR count). The molecular weight excluding hydrogens is 326 g/mol. The van der Waals surface area contributed by atoms with Crippen LogP contribution in [0, 0.1) is 12.3 Å². The third-order valence-electron chi connectivity index (χ3n) is 5.70. The lowest BCUT2D eigenvalue weighted by atomic mass is 10.0. The maximum absolute atomic E-state index is 13.1. The molecule has 2 fully saturated rings. The van der Waals surface area contributed by atoms with Gasteiger partial charge in [-0.15, -0.1) is 0 Å². The second-order valence-electron chi connectivity index (χ2n) is 7.78. The van der Waals surface area contributed by atoms with Crippen molar-refractivity contribution in [3.05, 3.63) is 29.8 Å². The topological polar surface area (TPSA) is 43.9 Å². The molecule has 1 aromatic carbocycles. The quantitative estimate of drug-likeness (QED) is 0.735. The first-order valence-corrected chi connectivity index (χ1v) is 9.84. The van der Waals surface area contributed by atoms with E-state index in [1.54, 1.807) is 4.90 Å². The minimum Gasteiger partial charge on any atom is -0.368 e. The summed E-state index contributed by atoms with van der Waals surface area (Å²) in [6.07, 6.45) is 3.46. The van der Waals surface area contributed by atoms with Gasteiger partial charge in [0.05, 0.1) is 0 Å². The minimum atomic E-state index is -0.756. The molecule has 2 aliphatic rings. The van der Waals surface area contributed by atoms with Crippen LogP contribution in [-0.4, -0.2) is 61.4 Å². The Morgan fingerprint density at radius 3 is 2.42 bits per heavy atom. The van der Waals surface area contributed by atoms with E-state index < -0.39 is 5.41 Å². The van der Waals surface area contributed by atoms with Crippen molar-refractivity contribution in [3.8, 4) is 0 Å². The van der Waals surface area contributed by atoms with Crippen molar-refractivity contribution in [2.75, 3.05) is 44.7 Å². The zero-order valence-corrected chi connectivity index (χ0v) is 16.3. The van der Waals surface area contributed by atoms with Crippen molar-refractivity contribution in [1.82, 2.24) is 9.80 Å². The lowest BCUT2D eigenvalue weighted by Crippen LogP contribution is -2.53. The average Bonchev–Trinajstić information content (AvgIpc) is 3.47. The number of rotatable bonds is 6. The van der Waals surface area contributed by atoms with Gasteiger partial charge < -0.3 is 14.7 Å². The molecule has 0 bridgehead atoms. The molecule has 1 heterocycles. The molecule has 1 saturated heterocycles. The molecule has 0 spiro atoms. The van der Waals surface area contributed by atoms with Gasteiger partial charge in [-0.05, 0) is 43.9 Å². The molecule has 26 heavy (non-hydrogen) atoms. The van der Waals surface area contributed by atoms with E-state index in [0.717, 1.165) is 32.5 Å². The lowest BCUT2D eigenvalue weighted by Gasteiger charge is -2.38. The molecule has 142 valence electrons. The van der Waals surface area contributed by atoms with Crippen LogP contribution < -0.4 is 4.90 Å². The summed E-state index contributed by atoms with van der Waals surface area (Å²) in [7, 11) is 1.83. The molecule has 2 amide bonds. The van der Waals surface area contributed by atoms with Crippen molar-refractivity contribution in [2.24, 2.45) is 5.41 Å². The summed E-state index contributed by atoms with van der Waals surface area (Å²) in [4.78, 5) is 31.9. The minimum absolute atomic E-state index is 0.0251. The highest BCUT2D eigenvalue weighted by Gasteiger charge is 2.59. The Balaban J connectivity index is 1.59. The van der Waals surface area contributed by atoms with E-state index in [1.807, 2.05) is 11.9 Å². The first-order valence-electron chi connectivity index (χ1n) is 9.84. The van der Waals surface area contributed by atoms with Crippen molar-refractivity contribution < 1.29 is 9.59 Å². The highest BCUT2D eigenvalue weighted by Crippen LogP contribution is 2.48. The average molecular weight is 357 g/mol. The number of aryl methyl sites for hydroxylation is 1. The van der Waals surface area contributed by atoms with E-state index >= 15 is 0 Å². The molecule has 0 radical (unpaired) electrons. The lowest BCUT2D eigenvalue weighted by molar-refractivity contribution is -0.149. The molecule has 1 aromatic rings. The Hall–Kier alpha value is -2.04.